The highest BCUT2D eigenvalue weighted by Gasteiger charge is 2.19. The zero-order valence-electron chi connectivity index (χ0n) is 8.66. The van der Waals surface area contributed by atoms with Crippen molar-refractivity contribution >= 4 is 21.4 Å². The van der Waals surface area contributed by atoms with Gasteiger partial charge in [0.25, 0.3) is 0 Å². The molecule has 1 N–H and O–H groups in total. The van der Waals surface area contributed by atoms with E-state index in [0.29, 0.717) is 0 Å². The third-order valence-corrected chi connectivity index (χ3v) is 3.51. The molecule has 0 unspecified atom stereocenters. The van der Waals surface area contributed by atoms with Crippen LogP contribution in [0.4, 0.5) is 0 Å². The largest absolute Gasteiger partial charge is 0.386 e. The maximum Gasteiger partial charge on any atom is 0.0846 e. The lowest BCUT2D eigenvalue weighted by atomic mass is 9.94. The van der Waals surface area contributed by atoms with Crippen molar-refractivity contribution in [2.24, 2.45) is 0 Å². The molecule has 0 atom stereocenters. The molecule has 0 saturated heterocycles. The molecule has 0 aliphatic carbocycles. The molecule has 2 rings (SSSR count). The Morgan fingerprint density at radius 1 is 1.29 bits per heavy atom. The van der Waals surface area contributed by atoms with Crippen LogP contribution >= 0.6 is 11.3 Å². The molecule has 0 bridgehead atoms. The van der Waals surface area contributed by atoms with Crippen LogP contribution in [-0.2, 0) is 5.60 Å². The fourth-order valence-electron chi connectivity index (χ4n) is 1.76. The number of benzene rings is 1. The fraction of sp³-hybridized carbons (Fsp3) is 0.333. The van der Waals surface area contributed by atoms with Gasteiger partial charge in [0.15, 0.2) is 0 Å². The van der Waals surface area contributed by atoms with Gasteiger partial charge in [-0.2, -0.15) is 0 Å². The van der Waals surface area contributed by atoms with Gasteiger partial charge in [-0.25, -0.2) is 0 Å². The first-order valence-corrected chi connectivity index (χ1v) is 5.58. The van der Waals surface area contributed by atoms with Crippen LogP contribution in [0.2, 0.25) is 0 Å². The lowest BCUT2D eigenvalue weighted by Crippen LogP contribution is -2.15. The minimum Gasteiger partial charge on any atom is -0.386 e. The van der Waals surface area contributed by atoms with Gasteiger partial charge in [0.05, 0.1) is 5.60 Å². The molecule has 0 fully saturated rings. The third-order valence-electron chi connectivity index (χ3n) is 2.44. The standard InChI is InChI=1S/C12H14OS/c1-8-7-14-10-6-4-5-9(11(8)10)12(2,3)13/h4-7,13H,1-3H3. The zero-order chi connectivity index (χ0) is 10.3. The van der Waals surface area contributed by atoms with E-state index in [1.807, 2.05) is 26.0 Å². The van der Waals surface area contributed by atoms with Crippen molar-refractivity contribution in [3.05, 3.63) is 34.7 Å². The second-order valence-electron chi connectivity index (χ2n) is 4.16. The predicted octanol–water partition coefficient (Wildman–Crippen LogP) is 3.44. The second kappa shape index (κ2) is 3.07. The molecule has 14 heavy (non-hydrogen) atoms. The van der Waals surface area contributed by atoms with Gasteiger partial charge in [0.1, 0.15) is 0 Å². The minimum atomic E-state index is -0.759. The van der Waals surface area contributed by atoms with Crippen LogP contribution < -0.4 is 0 Å². The van der Waals surface area contributed by atoms with Crippen LogP contribution in [0.1, 0.15) is 25.0 Å². The molecule has 0 saturated carbocycles. The fourth-order valence-corrected chi connectivity index (χ4v) is 2.72. The first-order chi connectivity index (χ1) is 6.50. The van der Waals surface area contributed by atoms with Crippen LogP contribution in [0, 0.1) is 6.92 Å². The Morgan fingerprint density at radius 2 is 2.00 bits per heavy atom. The Kier molecular flexibility index (Phi) is 2.13. The highest BCUT2D eigenvalue weighted by Crippen LogP contribution is 2.33. The molecule has 1 aromatic carbocycles. The SMILES string of the molecule is Cc1csc2cccc(C(C)(C)O)c12. The van der Waals surface area contributed by atoms with E-state index in [1.54, 1.807) is 11.3 Å². The molecule has 0 spiro atoms. The normalized spacial score (nSPS) is 12.3. The Bertz CT molecular complexity index is 463. The van der Waals surface area contributed by atoms with Crippen molar-refractivity contribution in [2.45, 2.75) is 26.4 Å². The summed E-state index contributed by atoms with van der Waals surface area (Å²) in [6, 6.07) is 6.11. The van der Waals surface area contributed by atoms with Crippen molar-refractivity contribution < 1.29 is 5.11 Å². The molecule has 1 aromatic heterocycles. The Morgan fingerprint density at radius 3 is 2.64 bits per heavy atom. The number of hydrogen-bond donors (Lipinski definition) is 1. The molecule has 0 amide bonds. The first kappa shape index (κ1) is 9.69. The van der Waals surface area contributed by atoms with Crippen LogP contribution in [0.3, 0.4) is 0 Å². The average molecular weight is 206 g/mol. The van der Waals surface area contributed by atoms with Crippen LogP contribution in [0.25, 0.3) is 10.1 Å². The molecule has 0 aliphatic heterocycles. The molecule has 74 valence electrons. The van der Waals surface area contributed by atoms with Gasteiger partial charge in [-0.05, 0) is 43.3 Å². The van der Waals surface area contributed by atoms with E-state index in [0.717, 1.165) is 5.56 Å². The van der Waals surface area contributed by atoms with Crippen molar-refractivity contribution in [1.29, 1.82) is 0 Å². The van der Waals surface area contributed by atoms with Gasteiger partial charge in [0.2, 0.25) is 0 Å². The summed E-state index contributed by atoms with van der Waals surface area (Å²) in [5.74, 6) is 0. The van der Waals surface area contributed by atoms with E-state index in [9.17, 15) is 5.11 Å². The van der Waals surface area contributed by atoms with Gasteiger partial charge >= 0.3 is 0 Å². The summed E-state index contributed by atoms with van der Waals surface area (Å²) in [4.78, 5) is 0. The molecule has 1 heterocycles. The average Bonchev–Trinajstić information content (AvgIpc) is 2.46. The van der Waals surface area contributed by atoms with Crippen molar-refractivity contribution in [3.8, 4) is 0 Å². The maximum absolute atomic E-state index is 10.0. The number of hydrogen-bond acceptors (Lipinski definition) is 2. The monoisotopic (exact) mass is 206 g/mol. The van der Waals surface area contributed by atoms with Crippen LogP contribution in [0.5, 0.6) is 0 Å². The van der Waals surface area contributed by atoms with E-state index in [4.69, 9.17) is 0 Å². The quantitative estimate of drug-likeness (QED) is 0.757. The van der Waals surface area contributed by atoms with Gasteiger partial charge in [-0.1, -0.05) is 12.1 Å². The van der Waals surface area contributed by atoms with Gasteiger partial charge in [-0.15, -0.1) is 11.3 Å². The third kappa shape index (κ3) is 1.45. The van der Waals surface area contributed by atoms with Crippen molar-refractivity contribution in [3.63, 3.8) is 0 Å². The lowest BCUT2D eigenvalue weighted by molar-refractivity contribution is 0.0802. The van der Waals surface area contributed by atoms with Gasteiger partial charge in [-0.3, -0.25) is 0 Å². The van der Waals surface area contributed by atoms with E-state index in [2.05, 4.69) is 18.4 Å². The molecule has 2 heteroatoms. The van der Waals surface area contributed by atoms with Crippen molar-refractivity contribution in [2.75, 3.05) is 0 Å². The smallest absolute Gasteiger partial charge is 0.0846 e. The number of thiophene rings is 1. The summed E-state index contributed by atoms with van der Waals surface area (Å²) in [5.41, 5.74) is 1.52. The summed E-state index contributed by atoms with van der Waals surface area (Å²) in [5, 5.41) is 13.4. The van der Waals surface area contributed by atoms with Gasteiger partial charge < -0.3 is 5.11 Å². The highest BCUT2D eigenvalue weighted by atomic mass is 32.1. The molecular weight excluding hydrogens is 192 g/mol. The predicted molar refractivity (Wildman–Crippen MR) is 61.8 cm³/mol. The second-order valence-corrected chi connectivity index (χ2v) is 5.07. The number of rotatable bonds is 1. The Hall–Kier alpha value is -0.860. The molecule has 1 nitrogen and oxygen atoms in total. The van der Waals surface area contributed by atoms with Gasteiger partial charge in [0, 0.05) is 10.1 Å². The van der Waals surface area contributed by atoms with Crippen LogP contribution in [0.15, 0.2) is 23.6 Å². The minimum absolute atomic E-state index is 0.759. The number of fused-ring (bicyclic) bond motifs is 1. The first-order valence-electron chi connectivity index (χ1n) is 4.70. The van der Waals surface area contributed by atoms with Crippen molar-refractivity contribution in [1.82, 2.24) is 0 Å². The molecule has 0 aliphatic rings. The highest BCUT2D eigenvalue weighted by molar-refractivity contribution is 7.17. The maximum atomic E-state index is 10.0. The zero-order valence-corrected chi connectivity index (χ0v) is 9.48. The summed E-state index contributed by atoms with van der Waals surface area (Å²) in [6.07, 6.45) is 0. The lowest BCUT2D eigenvalue weighted by Gasteiger charge is -2.19. The number of aliphatic hydroxyl groups is 1. The summed E-state index contributed by atoms with van der Waals surface area (Å²) < 4.78 is 1.25. The summed E-state index contributed by atoms with van der Waals surface area (Å²) >= 11 is 1.73. The molecule has 0 radical (unpaired) electrons. The summed E-state index contributed by atoms with van der Waals surface area (Å²) in [7, 11) is 0. The Labute approximate surface area is 88.0 Å². The summed E-state index contributed by atoms with van der Waals surface area (Å²) in [6.45, 7) is 5.76. The van der Waals surface area contributed by atoms with E-state index in [1.165, 1.54) is 15.6 Å². The molecular formula is C12H14OS. The number of aryl methyl sites for hydroxylation is 1. The topological polar surface area (TPSA) is 20.2 Å². The van der Waals surface area contributed by atoms with Crippen LogP contribution in [-0.4, -0.2) is 5.11 Å². The van der Waals surface area contributed by atoms with E-state index >= 15 is 0 Å². The Balaban J connectivity index is 2.82. The molecule has 2 aromatic rings. The van der Waals surface area contributed by atoms with E-state index in [-0.39, 0.29) is 0 Å². The van der Waals surface area contributed by atoms with E-state index < -0.39 is 5.60 Å².